The Morgan fingerprint density at radius 1 is 1.00 bits per heavy atom. The maximum absolute atomic E-state index is 13.0. The third-order valence-electron chi connectivity index (χ3n) is 4.14. The van der Waals surface area contributed by atoms with E-state index in [0.29, 0.717) is 11.4 Å². The maximum atomic E-state index is 13.0. The van der Waals surface area contributed by atoms with Crippen LogP contribution in [0, 0.1) is 0 Å². The highest BCUT2D eigenvalue weighted by atomic mass is 16.5. The molecule has 0 radical (unpaired) electrons. The summed E-state index contributed by atoms with van der Waals surface area (Å²) in [4.78, 5) is 40.6. The number of nitrogens with zero attached hydrogens (tertiary/aromatic N) is 3. The Labute approximate surface area is 151 Å². The number of carbonyl (C=O) groups excluding carboxylic acids is 3. The minimum Gasteiger partial charge on any atom is -0.383 e. The summed E-state index contributed by atoms with van der Waals surface area (Å²) in [6, 6.07) is 11.5. The third-order valence-corrected chi connectivity index (χ3v) is 4.14. The first-order valence-corrected chi connectivity index (χ1v) is 8.12. The van der Waals surface area contributed by atoms with Crippen LogP contribution in [-0.2, 0) is 21.4 Å². The standard InChI is InChI=1S/C19H19N3O4/c1-20-10-6-9-15(20)13-16-17(23)21(11-12-26-2)19(25)22(18(16)24)14-7-4-3-5-8-14/h3-10,13H,11-12H2,1-2H3/b16-13-. The largest absolute Gasteiger partial charge is 0.383 e. The second-order valence-electron chi connectivity index (χ2n) is 5.81. The van der Waals surface area contributed by atoms with Crippen molar-refractivity contribution in [2.45, 2.75) is 0 Å². The SMILES string of the molecule is COCCN1C(=O)/C(=C/c2cccn2C)C(=O)N(c2ccccc2)C1=O. The number of para-hydroxylation sites is 1. The van der Waals surface area contributed by atoms with Gasteiger partial charge < -0.3 is 9.30 Å². The predicted molar refractivity (Wildman–Crippen MR) is 96.3 cm³/mol. The number of anilines is 1. The predicted octanol–water partition coefficient (Wildman–Crippen LogP) is 2.05. The van der Waals surface area contributed by atoms with Crippen molar-refractivity contribution in [2.75, 3.05) is 25.2 Å². The van der Waals surface area contributed by atoms with Gasteiger partial charge in [0, 0.05) is 26.0 Å². The average molecular weight is 353 g/mol. The number of imide groups is 2. The van der Waals surface area contributed by atoms with E-state index < -0.39 is 17.8 Å². The molecule has 0 spiro atoms. The van der Waals surface area contributed by atoms with E-state index in [1.807, 2.05) is 19.3 Å². The normalized spacial score (nSPS) is 16.7. The van der Waals surface area contributed by atoms with E-state index in [4.69, 9.17) is 4.74 Å². The number of methoxy groups -OCH3 is 1. The Bertz CT molecular complexity index is 870. The fourth-order valence-corrected chi connectivity index (χ4v) is 2.73. The second kappa shape index (κ2) is 7.37. The lowest BCUT2D eigenvalue weighted by Gasteiger charge is -2.33. The molecule has 0 unspecified atom stereocenters. The highest BCUT2D eigenvalue weighted by molar-refractivity contribution is 6.39. The molecule has 7 heteroatoms. The van der Waals surface area contributed by atoms with Crippen LogP contribution in [0.1, 0.15) is 5.69 Å². The Morgan fingerprint density at radius 3 is 2.35 bits per heavy atom. The molecule has 2 aromatic rings. The van der Waals surface area contributed by atoms with Crippen molar-refractivity contribution in [2.24, 2.45) is 7.05 Å². The molecule has 2 heterocycles. The van der Waals surface area contributed by atoms with Gasteiger partial charge in [0.1, 0.15) is 5.57 Å². The van der Waals surface area contributed by atoms with Gasteiger partial charge in [-0.15, -0.1) is 0 Å². The lowest BCUT2D eigenvalue weighted by Crippen LogP contribution is -2.57. The number of aromatic nitrogens is 1. The van der Waals surface area contributed by atoms with Crippen LogP contribution in [0.4, 0.5) is 10.5 Å². The highest BCUT2D eigenvalue weighted by Crippen LogP contribution is 2.25. The molecular weight excluding hydrogens is 334 g/mol. The Hall–Kier alpha value is -3.19. The molecule has 3 rings (SSSR count). The van der Waals surface area contributed by atoms with E-state index in [2.05, 4.69) is 0 Å². The van der Waals surface area contributed by atoms with Gasteiger partial charge in [-0.2, -0.15) is 0 Å². The van der Waals surface area contributed by atoms with Gasteiger partial charge in [0.25, 0.3) is 11.8 Å². The first-order chi connectivity index (χ1) is 12.5. The van der Waals surface area contributed by atoms with Crippen molar-refractivity contribution < 1.29 is 19.1 Å². The number of barbiturate groups is 1. The van der Waals surface area contributed by atoms with Crippen molar-refractivity contribution in [1.82, 2.24) is 9.47 Å². The van der Waals surface area contributed by atoms with Crippen molar-refractivity contribution in [3.8, 4) is 0 Å². The van der Waals surface area contributed by atoms with Crippen LogP contribution < -0.4 is 4.90 Å². The molecule has 1 aliphatic heterocycles. The molecule has 0 bridgehead atoms. The number of carbonyl (C=O) groups is 3. The summed E-state index contributed by atoms with van der Waals surface area (Å²) < 4.78 is 6.78. The molecule has 4 amide bonds. The minimum atomic E-state index is -0.674. The molecule has 0 N–H and O–H groups in total. The van der Waals surface area contributed by atoms with Gasteiger partial charge >= 0.3 is 6.03 Å². The lowest BCUT2D eigenvalue weighted by atomic mass is 10.1. The van der Waals surface area contributed by atoms with E-state index >= 15 is 0 Å². The molecule has 134 valence electrons. The zero-order valence-electron chi connectivity index (χ0n) is 14.6. The fourth-order valence-electron chi connectivity index (χ4n) is 2.73. The monoisotopic (exact) mass is 353 g/mol. The molecule has 1 saturated heterocycles. The van der Waals surface area contributed by atoms with E-state index in [0.717, 1.165) is 9.80 Å². The van der Waals surface area contributed by atoms with Crippen LogP contribution in [0.25, 0.3) is 6.08 Å². The average Bonchev–Trinajstić information content (AvgIpc) is 3.04. The molecular formula is C19H19N3O4. The smallest absolute Gasteiger partial charge is 0.338 e. The topological polar surface area (TPSA) is 71.8 Å². The first kappa shape index (κ1) is 17.6. The zero-order chi connectivity index (χ0) is 18.7. The maximum Gasteiger partial charge on any atom is 0.338 e. The van der Waals surface area contributed by atoms with Crippen LogP contribution in [0.3, 0.4) is 0 Å². The number of hydrogen-bond acceptors (Lipinski definition) is 4. The van der Waals surface area contributed by atoms with Crippen LogP contribution in [0.15, 0.2) is 54.2 Å². The fraction of sp³-hybridized carbons (Fsp3) is 0.211. The van der Waals surface area contributed by atoms with Crippen molar-refractivity contribution in [1.29, 1.82) is 0 Å². The number of urea groups is 1. The zero-order valence-corrected chi connectivity index (χ0v) is 14.6. The number of amides is 4. The van der Waals surface area contributed by atoms with Gasteiger partial charge in [0.2, 0.25) is 0 Å². The van der Waals surface area contributed by atoms with Gasteiger partial charge in [-0.1, -0.05) is 18.2 Å². The number of hydrogen-bond donors (Lipinski definition) is 0. The quantitative estimate of drug-likeness (QED) is 0.609. The Kier molecular flexibility index (Phi) is 4.99. The third kappa shape index (κ3) is 3.16. The summed E-state index contributed by atoms with van der Waals surface area (Å²) in [7, 11) is 3.30. The van der Waals surface area contributed by atoms with Gasteiger partial charge in [-0.3, -0.25) is 14.5 Å². The number of ether oxygens (including phenoxy) is 1. The Morgan fingerprint density at radius 2 is 1.73 bits per heavy atom. The van der Waals surface area contributed by atoms with E-state index in [1.54, 1.807) is 41.0 Å². The van der Waals surface area contributed by atoms with Crippen LogP contribution in [-0.4, -0.2) is 47.6 Å². The van der Waals surface area contributed by atoms with Crippen LogP contribution >= 0.6 is 0 Å². The highest BCUT2D eigenvalue weighted by Gasteiger charge is 2.42. The van der Waals surface area contributed by atoms with Crippen molar-refractivity contribution in [3.05, 3.63) is 59.9 Å². The minimum absolute atomic E-state index is 0.0636. The molecule has 26 heavy (non-hydrogen) atoms. The van der Waals surface area contributed by atoms with E-state index in [9.17, 15) is 14.4 Å². The van der Waals surface area contributed by atoms with Gasteiger partial charge in [0.15, 0.2) is 0 Å². The van der Waals surface area contributed by atoms with Crippen LogP contribution in [0.2, 0.25) is 0 Å². The lowest BCUT2D eigenvalue weighted by molar-refractivity contribution is -0.129. The van der Waals surface area contributed by atoms with E-state index in [-0.39, 0.29) is 18.7 Å². The summed E-state index contributed by atoms with van der Waals surface area (Å²) in [6.07, 6.45) is 3.32. The molecule has 1 aromatic heterocycles. The number of aryl methyl sites for hydroxylation is 1. The molecule has 1 aromatic carbocycles. The molecule has 1 fully saturated rings. The molecule has 0 atom stereocenters. The Balaban J connectivity index is 2.07. The van der Waals surface area contributed by atoms with Gasteiger partial charge in [-0.05, 0) is 30.3 Å². The first-order valence-electron chi connectivity index (χ1n) is 8.12. The summed E-state index contributed by atoms with van der Waals surface area (Å²) in [5.41, 5.74) is 1.04. The summed E-state index contributed by atoms with van der Waals surface area (Å²) >= 11 is 0. The van der Waals surface area contributed by atoms with Crippen molar-refractivity contribution >= 4 is 29.6 Å². The summed E-state index contributed by atoms with van der Waals surface area (Å²) in [6.45, 7) is 0.251. The molecule has 0 saturated carbocycles. The van der Waals surface area contributed by atoms with Crippen molar-refractivity contribution in [3.63, 3.8) is 0 Å². The molecule has 0 aliphatic carbocycles. The second-order valence-corrected chi connectivity index (χ2v) is 5.81. The summed E-state index contributed by atoms with van der Waals surface area (Å²) in [5.74, 6) is -1.26. The van der Waals surface area contributed by atoms with Gasteiger partial charge in [0.05, 0.1) is 18.8 Å². The van der Waals surface area contributed by atoms with Crippen LogP contribution in [0.5, 0.6) is 0 Å². The molecule has 1 aliphatic rings. The number of rotatable bonds is 5. The number of benzene rings is 1. The van der Waals surface area contributed by atoms with Gasteiger partial charge in [-0.25, -0.2) is 9.69 Å². The summed E-state index contributed by atoms with van der Waals surface area (Å²) in [5, 5.41) is 0. The van der Waals surface area contributed by atoms with E-state index in [1.165, 1.54) is 13.2 Å². The molecule has 7 nitrogen and oxygen atoms in total.